The monoisotopic (exact) mass is 787 g/mol. The van der Waals surface area contributed by atoms with Gasteiger partial charge in [0, 0.05) is 0 Å². The fourth-order valence-electron chi connectivity index (χ4n) is 6.94. The Bertz CT molecular complexity index is 1900. The lowest BCUT2D eigenvalue weighted by molar-refractivity contribution is -0.273. The topological polar surface area (TPSA) is 111 Å². The Labute approximate surface area is 341 Å². The molecular weight excluding hydrogens is 735 g/mol. The van der Waals surface area contributed by atoms with Crippen LogP contribution in [0.25, 0.3) is 0 Å². The van der Waals surface area contributed by atoms with Gasteiger partial charge < -0.3 is 38.5 Å². The third kappa shape index (κ3) is 13.4. The highest BCUT2D eigenvalue weighted by Gasteiger charge is 2.48. The molecule has 1 aliphatic heterocycles. The summed E-state index contributed by atoms with van der Waals surface area (Å²) in [6.07, 6.45) is -2.22. The molecule has 6 atom stereocenters. The zero-order valence-electron chi connectivity index (χ0n) is 32.9. The van der Waals surface area contributed by atoms with E-state index < -0.39 is 48.6 Å². The Balaban J connectivity index is 1.24. The van der Waals surface area contributed by atoms with E-state index in [0.29, 0.717) is 39.3 Å². The van der Waals surface area contributed by atoms with Gasteiger partial charge in [0.1, 0.15) is 37.1 Å². The lowest BCUT2D eigenvalue weighted by Gasteiger charge is -2.46. The number of amides is 1. The second-order valence-corrected chi connectivity index (χ2v) is 14.2. The maximum atomic E-state index is 12.9. The number of hydrogen-bond acceptors (Lipinski definition) is 9. The summed E-state index contributed by atoms with van der Waals surface area (Å²) >= 11 is 0. The van der Waals surface area contributed by atoms with Gasteiger partial charge in [-0.15, -0.1) is 0 Å². The fraction of sp³-hybridized carbons (Fsp3) is 0.333. The first kappa shape index (κ1) is 42.3. The van der Waals surface area contributed by atoms with Crippen molar-refractivity contribution in [1.29, 1.82) is 0 Å². The fourth-order valence-corrected chi connectivity index (χ4v) is 6.94. The predicted molar refractivity (Wildman–Crippen MR) is 219 cm³/mol. The number of nitrogens with one attached hydrogen (secondary N) is 1. The van der Waals surface area contributed by atoms with Crippen molar-refractivity contribution in [2.75, 3.05) is 13.7 Å². The maximum Gasteiger partial charge on any atom is 0.408 e. The Morgan fingerprint density at radius 1 is 0.552 bits per heavy atom. The molecule has 304 valence electrons. The molecule has 1 amide bonds. The van der Waals surface area contributed by atoms with Crippen LogP contribution in [0.5, 0.6) is 0 Å². The number of benzene rings is 5. The van der Waals surface area contributed by atoms with E-state index in [-0.39, 0.29) is 19.6 Å². The van der Waals surface area contributed by atoms with Gasteiger partial charge in [-0.2, -0.15) is 0 Å². The van der Waals surface area contributed by atoms with Crippen molar-refractivity contribution in [3.8, 4) is 0 Å². The molecular formula is C48H53NO9. The van der Waals surface area contributed by atoms with Crippen molar-refractivity contribution in [3.05, 3.63) is 179 Å². The van der Waals surface area contributed by atoms with Crippen LogP contribution in [0.1, 0.15) is 47.1 Å². The lowest BCUT2D eigenvalue weighted by Crippen LogP contribution is -2.61. The minimum atomic E-state index is -0.933. The zero-order valence-corrected chi connectivity index (χ0v) is 32.9. The average Bonchev–Trinajstić information content (AvgIpc) is 3.28. The van der Waals surface area contributed by atoms with E-state index in [2.05, 4.69) is 5.32 Å². The molecule has 0 radical (unpaired) electrons. The van der Waals surface area contributed by atoms with Gasteiger partial charge in [0.2, 0.25) is 0 Å². The second-order valence-electron chi connectivity index (χ2n) is 14.2. The molecule has 0 aromatic heterocycles. The van der Waals surface area contributed by atoms with Gasteiger partial charge in [-0.25, -0.2) is 9.59 Å². The summed E-state index contributed by atoms with van der Waals surface area (Å²) in [5.41, 5.74) is 4.90. The molecule has 10 heteroatoms. The highest BCUT2D eigenvalue weighted by Crippen LogP contribution is 2.33. The zero-order chi connectivity index (χ0) is 40.2. The molecule has 1 saturated heterocycles. The van der Waals surface area contributed by atoms with E-state index in [1.807, 2.05) is 152 Å². The summed E-state index contributed by atoms with van der Waals surface area (Å²) in [5, 5.41) is 2.70. The van der Waals surface area contributed by atoms with Gasteiger partial charge >= 0.3 is 12.1 Å². The molecule has 58 heavy (non-hydrogen) atoms. The van der Waals surface area contributed by atoms with Crippen molar-refractivity contribution in [1.82, 2.24) is 5.32 Å². The third-order valence-electron chi connectivity index (χ3n) is 9.95. The van der Waals surface area contributed by atoms with E-state index in [9.17, 15) is 9.59 Å². The van der Waals surface area contributed by atoms with Crippen molar-refractivity contribution in [2.24, 2.45) is 0 Å². The summed E-state index contributed by atoms with van der Waals surface area (Å²) in [6, 6.07) is 48.4. The van der Waals surface area contributed by atoms with Crippen LogP contribution in [0.15, 0.2) is 152 Å². The molecule has 0 unspecified atom stereocenters. The van der Waals surface area contributed by atoms with E-state index in [1.165, 1.54) is 7.11 Å². The molecule has 5 aromatic carbocycles. The Kier molecular flexibility index (Phi) is 16.9. The number of methoxy groups -OCH3 is 1. The largest absolute Gasteiger partial charge is 0.467 e. The van der Waals surface area contributed by atoms with Crippen LogP contribution in [0.2, 0.25) is 0 Å². The molecule has 10 nitrogen and oxygen atoms in total. The van der Waals surface area contributed by atoms with Crippen molar-refractivity contribution < 1.29 is 42.7 Å². The maximum absolute atomic E-state index is 12.9. The molecule has 1 aliphatic rings. The standard InChI is InChI=1S/C48H53NO9/c1-52-47(50)41(49-48(51)57-34-40-26-15-6-16-27-40)28-17-29-42-44(54-31-37-20-9-3-10-21-37)46(56-33-39-24-13-5-14-25-39)45(55-32-38-22-11-4-12-23-38)43(58-42)35-53-30-36-18-7-2-8-19-36/h2-16,18-27,41-46H,17,28-35H2,1H3,(H,49,51)/t41-,42-,43+,44-,45-,46+/m0/s1. The van der Waals surface area contributed by atoms with Crippen LogP contribution in [0, 0.1) is 0 Å². The first-order chi connectivity index (χ1) is 28.6. The van der Waals surface area contributed by atoms with Crippen LogP contribution < -0.4 is 5.32 Å². The summed E-state index contributed by atoms with van der Waals surface area (Å²) in [7, 11) is 1.30. The van der Waals surface area contributed by atoms with E-state index in [1.54, 1.807) is 0 Å². The highest BCUT2D eigenvalue weighted by molar-refractivity contribution is 5.81. The van der Waals surface area contributed by atoms with Crippen molar-refractivity contribution in [3.63, 3.8) is 0 Å². The number of ether oxygens (including phenoxy) is 7. The normalized spacial score (nSPS) is 19.5. The summed E-state index contributed by atoms with van der Waals surface area (Å²) in [6.45, 7) is 1.68. The number of rotatable bonds is 21. The molecule has 0 bridgehead atoms. The molecule has 6 rings (SSSR count). The number of alkyl carbamates (subject to hydrolysis) is 1. The van der Waals surface area contributed by atoms with E-state index in [0.717, 1.165) is 27.8 Å². The highest BCUT2D eigenvalue weighted by atomic mass is 16.6. The summed E-state index contributed by atoms with van der Waals surface area (Å²) < 4.78 is 44.2. The minimum Gasteiger partial charge on any atom is -0.467 e. The first-order valence-corrected chi connectivity index (χ1v) is 19.8. The number of hydrogen-bond donors (Lipinski definition) is 1. The SMILES string of the molecule is COC(=O)[C@H](CCC[C@@H]1O[C@H](COCc2ccccc2)[C@H](OCc2ccccc2)[C@H](OCc2ccccc2)[C@H]1OCc1ccccc1)NC(=O)OCc1ccccc1. The molecule has 1 fully saturated rings. The smallest absolute Gasteiger partial charge is 0.408 e. The average molecular weight is 788 g/mol. The van der Waals surface area contributed by atoms with Crippen LogP contribution >= 0.6 is 0 Å². The minimum absolute atomic E-state index is 0.0719. The van der Waals surface area contributed by atoms with Gasteiger partial charge in [0.05, 0.1) is 46.2 Å². The van der Waals surface area contributed by atoms with Crippen LogP contribution in [-0.4, -0.2) is 62.3 Å². The van der Waals surface area contributed by atoms with Gasteiger partial charge in [0.25, 0.3) is 0 Å². The molecule has 1 heterocycles. The Morgan fingerprint density at radius 3 is 1.43 bits per heavy atom. The van der Waals surface area contributed by atoms with Crippen LogP contribution in [0.4, 0.5) is 4.79 Å². The molecule has 0 saturated carbocycles. The molecule has 0 spiro atoms. The number of esters is 1. The Morgan fingerprint density at radius 2 is 0.966 bits per heavy atom. The van der Waals surface area contributed by atoms with Gasteiger partial charge in [0.15, 0.2) is 0 Å². The number of carbonyl (C=O) groups is 2. The van der Waals surface area contributed by atoms with Crippen molar-refractivity contribution >= 4 is 12.1 Å². The summed E-state index contributed by atoms with van der Waals surface area (Å²) in [5.74, 6) is -0.566. The van der Waals surface area contributed by atoms with Crippen LogP contribution in [0.3, 0.4) is 0 Å². The Hall–Kier alpha value is -5.36. The van der Waals surface area contributed by atoms with Crippen molar-refractivity contribution in [2.45, 2.75) is 88.9 Å². The van der Waals surface area contributed by atoms with Gasteiger partial charge in [-0.1, -0.05) is 152 Å². The van der Waals surface area contributed by atoms with E-state index >= 15 is 0 Å². The van der Waals surface area contributed by atoms with E-state index in [4.69, 9.17) is 33.2 Å². The third-order valence-corrected chi connectivity index (χ3v) is 9.95. The second kappa shape index (κ2) is 23.1. The van der Waals surface area contributed by atoms with Gasteiger partial charge in [-0.3, -0.25) is 0 Å². The molecule has 0 aliphatic carbocycles. The van der Waals surface area contributed by atoms with Crippen LogP contribution in [-0.2, 0) is 71.0 Å². The molecule has 1 N–H and O–H groups in total. The number of carbonyl (C=O) groups excluding carboxylic acids is 2. The summed E-state index contributed by atoms with van der Waals surface area (Å²) in [4.78, 5) is 25.7. The molecule has 5 aromatic rings. The quantitative estimate of drug-likeness (QED) is 0.0734. The first-order valence-electron chi connectivity index (χ1n) is 19.8. The van der Waals surface area contributed by atoms with Gasteiger partial charge in [-0.05, 0) is 47.1 Å². The predicted octanol–water partition coefficient (Wildman–Crippen LogP) is 8.37. The lowest BCUT2D eigenvalue weighted by atomic mass is 9.91.